The summed E-state index contributed by atoms with van der Waals surface area (Å²) in [5, 5.41) is 2.96. The summed E-state index contributed by atoms with van der Waals surface area (Å²) in [6.45, 7) is 0.586. The van der Waals surface area contributed by atoms with Gasteiger partial charge in [-0.25, -0.2) is 13.4 Å². The number of hydrogen-bond donors (Lipinski definition) is 3. The highest BCUT2D eigenvalue weighted by Gasteiger charge is 2.16. The molecule has 0 aliphatic heterocycles. The lowest BCUT2D eigenvalue weighted by molar-refractivity contribution is 0.601. The predicted molar refractivity (Wildman–Crippen MR) is 84.0 cm³/mol. The van der Waals surface area contributed by atoms with Gasteiger partial charge in [0.25, 0.3) is 10.0 Å². The minimum atomic E-state index is -3.59. The number of aromatic amines is 1. The van der Waals surface area contributed by atoms with Crippen LogP contribution in [0.3, 0.4) is 0 Å². The van der Waals surface area contributed by atoms with Crippen molar-refractivity contribution < 1.29 is 8.42 Å². The molecule has 0 saturated heterocycles. The van der Waals surface area contributed by atoms with Crippen LogP contribution in [0.4, 0.5) is 5.69 Å². The van der Waals surface area contributed by atoms with Crippen LogP contribution in [0.15, 0.2) is 40.9 Å². The van der Waals surface area contributed by atoms with E-state index in [4.69, 9.17) is 0 Å². The fraction of sp³-hybridized carbons (Fsp3) is 0.154. The molecule has 21 heavy (non-hydrogen) atoms. The first kappa shape index (κ1) is 14.1. The Hall–Kier alpha value is -1.90. The maximum Gasteiger partial charge on any atom is 0.263 e. The van der Waals surface area contributed by atoms with Gasteiger partial charge in [-0.15, -0.1) is 11.3 Å². The summed E-state index contributed by atoms with van der Waals surface area (Å²) in [6, 6.07) is 6.91. The summed E-state index contributed by atoms with van der Waals surface area (Å²) in [5.41, 5.74) is 3.94. The van der Waals surface area contributed by atoms with E-state index >= 15 is 0 Å². The van der Waals surface area contributed by atoms with Crippen molar-refractivity contribution in [2.75, 3.05) is 11.8 Å². The van der Waals surface area contributed by atoms with Crippen molar-refractivity contribution in [2.45, 2.75) is 11.4 Å². The third-order valence-electron chi connectivity index (χ3n) is 2.98. The van der Waals surface area contributed by atoms with Crippen LogP contribution in [0.25, 0.3) is 10.2 Å². The fourth-order valence-electron chi connectivity index (χ4n) is 2.00. The summed E-state index contributed by atoms with van der Waals surface area (Å²) in [5.74, 6) is 0. The highest BCUT2D eigenvalue weighted by atomic mass is 32.2. The number of nitrogens with one attached hydrogen (secondary N) is 3. The Labute approximate surface area is 126 Å². The summed E-state index contributed by atoms with van der Waals surface area (Å²) >= 11 is 1.47. The maximum absolute atomic E-state index is 12.3. The summed E-state index contributed by atoms with van der Waals surface area (Å²) in [6.07, 6.45) is 1.49. The van der Waals surface area contributed by atoms with Gasteiger partial charge in [-0.05, 0) is 31.3 Å². The largest absolute Gasteiger partial charge is 0.363 e. The molecule has 0 saturated carbocycles. The monoisotopic (exact) mass is 322 g/mol. The molecular weight excluding hydrogens is 308 g/mol. The van der Waals surface area contributed by atoms with E-state index in [0.717, 1.165) is 15.9 Å². The summed E-state index contributed by atoms with van der Waals surface area (Å²) in [7, 11) is -1.78. The van der Waals surface area contributed by atoms with Crippen LogP contribution in [-0.4, -0.2) is 25.4 Å². The molecule has 0 aliphatic carbocycles. The Morgan fingerprint density at radius 1 is 1.33 bits per heavy atom. The van der Waals surface area contributed by atoms with Crippen LogP contribution >= 0.6 is 11.3 Å². The smallest absolute Gasteiger partial charge is 0.263 e. The van der Waals surface area contributed by atoms with Crippen LogP contribution in [0.1, 0.15) is 5.69 Å². The first-order chi connectivity index (χ1) is 10.1. The molecule has 0 unspecified atom stereocenters. The highest BCUT2D eigenvalue weighted by Crippen LogP contribution is 2.24. The number of sulfonamides is 1. The molecule has 8 heteroatoms. The minimum Gasteiger partial charge on any atom is -0.363 e. The number of anilines is 1. The standard InChI is InChI=1S/C13H14N4O2S2/c1-14-6-10-4-11(7-15-10)21(18,19)17-9-2-3-12-13(5-9)20-8-16-12/h2-5,7-8,14-15,17H,6H2,1H3. The first-order valence-electron chi connectivity index (χ1n) is 6.26. The van der Waals surface area contributed by atoms with E-state index < -0.39 is 10.0 Å². The molecule has 1 aromatic carbocycles. The molecule has 3 N–H and O–H groups in total. The lowest BCUT2D eigenvalue weighted by atomic mass is 10.3. The Bertz CT molecular complexity index is 867. The normalized spacial score (nSPS) is 11.9. The molecule has 0 amide bonds. The zero-order valence-electron chi connectivity index (χ0n) is 11.3. The quantitative estimate of drug-likeness (QED) is 0.672. The van der Waals surface area contributed by atoms with Crippen LogP contribution in [0.2, 0.25) is 0 Å². The molecule has 0 spiro atoms. The number of hydrogen-bond acceptors (Lipinski definition) is 5. The van der Waals surface area contributed by atoms with E-state index in [2.05, 4.69) is 20.0 Å². The molecule has 6 nitrogen and oxygen atoms in total. The fourth-order valence-corrected chi connectivity index (χ4v) is 3.78. The SMILES string of the molecule is CNCc1cc(S(=O)(=O)Nc2ccc3ncsc3c2)c[nH]1. The van der Waals surface area contributed by atoms with E-state index in [1.54, 1.807) is 36.8 Å². The number of thiazole rings is 1. The number of rotatable bonds is 5. The molecule has 2 aromatic heterocycles. The summed E-state index contributed by atoms with van der Waals surface area (Å²) in [4.78, 5) is 7.32. The van der Waals surface area contributed by atoms with Gasteiger partial charge in [-0.3, -0.25) is 4.72 Å². The lowest BCUT2D eigenvalue weighted by Gasteiger charge is -2.06. The average Bonchev–Trinajstić information content (AvgIpc) is 3.07. The van der Waals surface area contributed by atoms with Crippen molar-refractivity contribution in [1.82, 2.24) is 15.3 Å². The third kappa shape index (κ3) is 2.92. The van der Waals surface area contributed by atoms with Gasteiger partial charge in [0.2, 0.25) is 0 Å². The Morgan fingerprint density at radius 3 is 3.00 bits per heavy atom. The van der Waals surface area contributed by atoms with Crippen LogP contribution in [-0.2, 0) is 16.6 Å². The Kier molecular flexibility index (Phi) is 3.66. The molecule has 0 aliphatic rings. The highest BCUT2D eigenvalue weighted by molar-refractivity contribution is 7.92. The topological polar surface area (TPSA) is 86.9 Å². The zero-order chi connectivity index (χ0) is 14.9. The maximum atomic E-state index is 12.3. The van der Waals surface area contributed by atoms with Gasteiger partial charge in [0.1, 0.15) is 4.90 Å². The van der Waals surface area contributed by atoms with Gasteiger partial charge in [0, 0.05) is 18.4 Å². The second kappa shape index (κ2) is 5.47. The van der Waals surface area contributed by atoms with Crippen molar-refractivity contribution in [3.63, 3.8) is 0 Å². The zero-order valence-corrected chi connectivity index (χ0v) is 12.9. The van der Waals surface area contributed by atoms with E-state index in [-0.39, 0.29) is 4.90 Å². The van der Waals surface area contributed by atoms with Crippen LogP contribution in [0, 0.1) is 0 Å². The first-order valence-corrected chi connectivity index (χ1v) is 8.63. The molecule has 110 valence electrons. The second-order valence-electron chi connectivity index (χ2n) is 4.53. The Balaban J connectivity index is 1.87. The van der Waals surface area contributed by atoms with E-state index in [9.17, 15) is 8.42 Å². The third-order valence-corrected chi connectivity index (χ3v) is 5.13. The van der Waals surface area contributed by atoms with Crippen molar-refractivity contribution in [3.8, 4) is 0 Å². The molecular formula is C13H14N4O2S2. The van der Waals surface area contributed by atoms with Crippen LogP contribution < -0.4 is 10.0 Å². The Morgan fingerprint density at radius 2 is 2.19 bits per heavy atom. The number of benzene rings is 1. The van der Waals surface area contributed by atoms with E-state index in [1.807, 2.05) is 0 Å². The number of H-pyrrole nitrogens is 1. The summed E-state index contributed by atoms with van der Waals surface area (Å²) < 4.78 is 28.2. The molecule has 0 radical (unpaired) electrons. The average molecular weight is 322 g/mol. The van der Waals surface area contributed by atoms with E-state index in [0.29, 0.717) is 12.2 Å². The van der Waals surface area contributed by atoms with E-state index in [1.165, 1.54) is 17.5 Å². The molecule has 3 aromatic rings. The van der Waals surface area contributed by atoms with Crippen molar-refractivity contribution in [1.29, 1.82) is 0 Å². The van der Waals surface area contributed by atoms with Gasteiger partial charge in [-0.2, -0.15) is 0 Å². The molecule has 0 atom stereocenters. The van der Waals surface area contributed by atoms with Crippen molar-refractivity contribution in [2.24, 2.45) is 0 Å². The van der Waals surface area contributed by atoms with Gasteiger partial charge < -0.3 is 10.3 Å². The van der Waals surface area contributed by atoms with Crippen LogP contribution in [0.5, 0.6) is 0 Å². The molecule has 2 heterocycles. The number of aromatic nitrogens is 2. The molecule has 0 fully saturated rings. The van der Waals surface area contributed by atoms with Crippen molar-refractivity contribution >= 4 is 37.3 Å². The van der Waals surface area contributed by atoms with Crippen molar-refractivity contribution in [3.05, 3.63) is 41.7 Å². The molecule has 3 rings (SSSR count). The van der Waals surface area contributed by atoms with Gasteiger partial charge in [0.05, 0.1) is 21.4 Å². The van der Waals surface area contributed by atoms with Gasteiger partial charge in [0.15, 0.2) is 0 Å². The van der Waals surface area contributed by atoms with Gasteiger partial charge >= 0.3 is 0 Å². The minimum absolute atomic E-state index is 0.220. The van der Waals surface area contributed by atoms with Gasteiger partial charge in [-0.1, -0.05) is 0 Å². The lowest BCUT2D eigenvalue weighted by Crippen LogP contribution is -2.12. The second-order valence-corrected chi connectivity index (χ2v) is 7.10. The molecule has 0 bridgehead atoms. The number of nitrogens with zero attached hydrogens (tertiary/aromatic N) is 1. The predicted octanol–water partition coefficient (Wildman–Crippen LogP) is 2.14. The number of fused-ring (bicyclic) bond motifs is 1.